The van der Waals surface area contributed by atoms with E-state index in [-0.39, 0.29) is 49.8 Å². The van der Waals surface area contributed by atoms with E-state index in [2.05, 4.69) is 20.9 Å². The van der Waals surface area contributed by atoms with Crippen molar-refractivity contribution in [1.29, 1.82) is 0 Å². The minimum Gasteiger partial charge on any atom is -0.461 e. The van der Waals surface area contributed by atoms with Crippen LogP contribution >= 0.6 is 0 Å². The van der Waals surface area contributed by atoms with Gasteiger partial charge in [0, 0.05) is 101 Å². The van der Waals surface area contributed by atoms with Crippen LogP contribution < -0.4 is 16.0 Å². The number of hydrogen-bond acceptors (Lipinski definition) is 22. The number of nitrogens with one attached hydrogen (secondary N) is 3. The number of rotatable bonds is 18. The molecule has 0 radical (unpaired) electrons. The van der Waals surface area contributed by atoms with E-state index in [4.69, 9.17) is 18.9 Å². The highest BCUT2D eigenvalue weighted by atomic mass is 16.7. The molecule has 13 N–H and O–H groups in total. The Morgan fingerprint density at radius 2 is 1.35 bits per heavy atom. The zero-order valence-electron chi connectivity index (χ0n) is 55.4. The summed E-state index contributed by atoms with van der Waals surface area (Å²) in [6, 6.07) is 11.0. The van der Waals surface area contributed by atoms with Crippen LogP contribution in [0.15, 0.2) is 134 Å². The molecule has 0 spiro atoms. The molecule has 2 fully saturated rings. The molecule has 526 valence electrons. The number of anilines is 1. The highest BCUT2D eigenvalue weighted by Crippen LogP contribution is 2.38. The Hall–Kier alpha value is -6.46. The molecule has 95 heavy (non-hydrogen) atoms. The minimum absolute atomic E-state index is 0.0601. The van der Waals surface area contributed by atoms with Crippen molar-refractivity contribution in [1.82, 2.24) is 20.5 Å². The van der Waals surface area contributed by atoms with Crippen molar-refractivity contribution in [3.63, 3.8) is 0 Å². The Balaban J connectivity index is 1.40. The van der Waals surface area contributed by atoms with Gasteiger partial charge in [-0.15, -0.1) is 0 Å². The van der Waals surface area contributed by atoms with Gasteiger partial charge in [0.15, 0.2) is 17.9 Å². The van der Waals surface area contributed by atoms with E-state index in [0.29, 0.717) is 30.6 Å². The van der Waals surface area contributed by atoms with Crippen LogP contribution in [-0.2, 0) is 44.5 Å². The maximum atomic E-state index is 14.2. The smallest absolute Gasteiger partial charge is 0.308 e. The van der Waals surface area contributed by atoms with Crippen molar-refractivity contribution in [2.75, 3.05) is 39.5 Å². The first-order valence-electron chi connectivity index (χ1n) is 32.9. The quantitative estimate of drug-likeness (QED) is 0.0750. The number of aromatic nitrogens is 1. The van der Waals surface area contributed by atoms with Gasteiger partial charge in [0.1, 0.15) is 24.1 Å². The second kappa shape index (κ2) is 40.9. The average molecular weight is 1330 g/mol. The number of aliphatic hydroxyl groups excluding tert-OH is 9. The predicted octanol–water partition coefficient (Wildman–Crippen LogP) is 3.52. The molecule has 1 aromatic heterocycles. The topological polar surface area (TPSA) is 377 Å². The Bertz CT molecular complexity index is 2890. The van der Waals surface area contributed by atoms with Gasteiger partial charge in [0.05, 0.1) is 79.4 Å². The first-order chi connectivity index (χ1) is 45.2. The van der Waals surface area contributed by atoms with E-state index in [9.17, 15) is 75.0 Å². The zero-order chi connectivity index (χ0) is 69.6. The molecule has 4 heterocycles. The summed E-state index contributed by atoms with van der Waals surface area (Å²) in [5.74, 6) is -7.16. The number of amides is 2. The fourth-order valence-electron chi connectivity index (χ4n) is 11.8. The molecular weight excluding hydrogens is 1230 g/mol. The molecule has 3 aliphatic heterocycles. The first kappa shape index (κ1) is 79.2. The normalized spacial score (nSPS) is 33.8. The third kappa shape index (κ3) is 28.6. The van der Waals surface area contributed by atoms with Crippen LogP contribution in [0.1, 0.15) is 120 Å². The minimum atomic E-state index is -2.34. The maximum Gasteiger partial charge on any atom is 0.308 e. The molecule has 1 aromatic carbocycles. The van der Waals surface area contributed by atoms with Crippen LogP contribution in [-0.4, -0.2) is 222 Å². The molecule has 0 saturated carbocycles. The van der Waals surface area contributed by atoms with Gasteiger partial charge in [-0.3, -0.25) is 29.0 Å². The summed E-state index contributed by atoms with van der Waals surface area (Å²) >= 11 is 0. The lowest BCUT2D eigenvalue weighted by molar-refractivity contribution is -0.307. The van der Waals surface area contributed by atoms with E-state index >= 15 is 0 Å². The number of ketones is 2. The van der Waals surface area contributed by atoms with Crippen LogP contribution in [0, 0.1) is 17.8 Å². The lowest BCUT2D eigenvalue weighted by Crippen LogP contribution is -2.64. The summed E-state index contributed by atoms with van der Waals surface area (Å²) in [6.45, 7) is 5.74. The van der Waals surface area contributed by atoms with Gasteiger partial charge < -0.3 is 90.9 Å². The second-order valence-electron chi connectivity index (χ2n) is 25.5. The van der Waals surface area contributed by atoms with Crippen molar-refractivity contribution < 1.29 is 94.0 Å². The Morgan fingerprint density at radius 3 is 1.97 bits per heavy atom. The fourth-order valence-corrected chi connectivity index (χ4v) is 11.8. The largest absolute Gasteiger partial charge is 0.461 e. The van der Waals surface area contributed by atoms with Gasteiger partial charge in [-0.1, -0.05) is 105 Å². The van der Waals surface area contributed by atoms with Crippen LogP contribution in [0.3, 0.4) is 0 Å². The van der Waals surface area contributed by atoms with Crippen LogP contribution in [0.5, 0.6) is 0 Å². The van der Waals surface area contributed by atoms with Crippen molar-refractivity contribution in [3.05, 3.63) is 145 Å². The number of cyclic esters (lactones) is 1. The summed E-state index contributed by atoms with van der Waals surface area (Å²) in [7, 11) is 5.35. The molecule has 2 amide bonds. The standard InChI is InChI=1S/C71H103N5O19/c1-45-21-17-15-13-11-9-7-8-10-12-14-16-18-23-58(93-70-67(89)65(66(88)47(3)92-70)75-62(86)31-34-76(5)6)42-61-64(69(90)74-33-30-50-22-19-20-32-73-50)60(85)44-71(91,95-61)43-57(83)39-55(81)37-53(79)35-52(78)36-54(80)38-56(82)41-63(87)94-68(45)46(2)24-29-51(77)40-59(84)48-25-27-49(72-4)28-26-48/h7-23,25-28,32,45-47,51-53,55-58,60-61,64-68,70,72,77-79,81-83,85,88-89,91H,24,29-31,33-44H2,1-6H3,(H,74,90)(H,75,86)/b8-7-,11-9-,12-10+,15-13+,16-14+,21-17+,23-18+/t45?,46?,47-,51?,52?,53?,55?,56?,57?,58?,60?,61?,64?,65+,66-,67+,68?,70+,71?/m1/s1. The van der Waals surface area contributed by atoms with E-state index < -0.39 is 178 Å². The molecule has 24 heteroatoms. The number of carbonyl (C=O) groups excluding carboxylic acids is 5. The molecule has 24 nitrogen and oxygen atoms in total. The highest BCUT2D eigenvalue weighted by molar-refractivity contribution is 5.96. The number of benzene rings is 1. The molecule has 5 rings (SSSR count). The molecule has 3 aliphatic rings. The predicted molar refractivity (Wildman–Crippen MR) is 356 cm³/mol. The van der Waals surface area contributed by atoms with Crippen molar-refractivity contribution in [3.8, 4) is 0 Å². The summed E-state index contributed by atoms with van der Waals surface area (Å²) in [5.41, 5.74) is 1.98. The molecule has 2 bridgehead atoms. The summed E-state index contributed by atoms with van der Waals surface area (Å²) < 4.78 is 24.8. The number of aliphatic hydroxyl groups is 10. The number of nitrogens with zero attached hydrogens (tertiary/aromatic N) is 2. The first-order valence-corrected chi connectivity index (χ1v) is 32.9. The van der Waals surface area contributed by atoms with Crippen LogP contribution in [0.2, 0.25) is 0 Å². The fraction of sp³-hybridized carbons (Fsp3) is 0.577. The Labute approximate surface area is 557 Å². The van der Waals surface area contributed by atoms with Crippen molar-refractivity contribution in [2.45, 2.75) is 208 Å². The average Bonchev–Trinajstić information content (AvgIpc) is 0.790. The maximum absolute atomic E-state index is 14.2. The highest BCUT2D eigenvalue weighted by Gasteiger charge is 2.51. The summed E-state index contributed by atoms with van der Waals surface area (Å²) in [6.07, 6.45) is 3.92. The van der Waals surface area contributed by atoms with E-state index in [1.165, 1.54) is 0 Å². The summed E-state index contributed by atoms with van der Waals surface area (Å²) in [4.78, 5) is 72.9. The van der Waals surface area contributed by atoms with E-state index in [1.807, 2.05) is 19.9 Å². The Kier molecular flexibility index (Phi) is 34.1. The Morgan fingerprint density at radius 1 is 0.737 bits per heavy atom. The van der Waals surface area contributed by atoms with E-state index in [1.54, 1.807) is 161 Å². The molecule has 2 aromatic rings. The van der Waals surface area contributed by atoms with Gasteiger partial charge in [-0.25, -0.2) is 0 Å². The van der Waals surface area contributed by atoms with Crippen molar-refractivity contribution >= 4 is 35.0 Å². The number of pyridine rings is 1. The van der Waals surface area contributed by atoms with Gasteiger partial charge in [0.2, 0.25) is 11.8 Å². The van der Waals surface area contributed by atoms with Crippen molar-refractivity contribution in [2.24, 2.45) is 17.8 Å². The third-order valence-corrected chi connectivity index (χ3v) is 16.9. The number of allylic oxidation sites excluding steroid dienone is 12. The lowest BCUT2D eigenvalue weighted by Gasteiger charge is -2.46. The van der Waals surface area contributed by atoms with Crippen LogP contribution in [0.25, 0.3) is 0 Å². The van der Waals surface area contributed by atoms with Gasteiger partial charge in [-0.05, 0) is 95.4 Å². The third-order valence-electron chi connectivity index (χ3n) is 16.9. The molecule has 14 unspecified atom stereocenters. The number of esters is 1. The molecule has 2 saturated heterocycles. The monoisotopic (exact) mass is 1330 g/mol. The number of fused-ring (bicyclic) bond motifs is 2. The second-order valence-corrected chi connectivity index (χ2v) is 25.5. The number of ether oxygens (including phenoxy) is 4. The molecule has 19 atom stereocenters. The van der Waals surface area contributed by atoms with E-state index in [0.717, 1.165) is 5.69 Å². The number of Topliss-reactive ketones (excluding diaryl/α,β-unsaturated/α-hetero) is 2. The number of hydrogen-bond donors (Lipinski definition) is 13. The SMILES string of the molecule is CNc1ccc(C(=O)CC(O)CCC(C)C2OC(=O)CC(O)CC(=O)CC(O)CC(O)CC(O)CC(O)CC3(O)CC(O)C(C(=O)NCCc4ccccn4)C(CC(O[C@@H]4O[C@H](C)[C@@H](O)[C@H](NC(=O)CCN(C)C)[C@@H]4O)/C=C/C=C/C=C/C=C\C=C/C=C/C=C/C2C)O3)cc1. The molecule has 0 aliphatic carbocycles. The number of carbonyl (C=O) groups is 5. The van der Waals surface area contributed by atoms with Crippen LogP contribution in [0.4, 0.5) is 5.69 Å². The van der Waals surface area contributed by atoms with Gasteiger partial charge in [-0.2, -0.15) is 0 Å². The molecular formula is C71H103N5O19. The summed E-state index contributed by atoms with van der Waals surface area (Å²) in [5, 5.41) is 122. The zero-order valence-corrected chi connectivity index (χ0v) is 55.4. The van der Waals surface area contributed by atoms with Gasteiger partial charge in [0.25, 0.3) is 0 Å². The van der Waals surface area contributed by atoms with Gasteiger partial charge >= 0.3 is 5.97 Å². The lowest BCUT2D eigenvalue weighted by atomic mass is 9.82.